The molecule has 13 heavy (non-hydrogen) atoms. The first-order valence-electron chi connectivity index (χ1n) is 4.89. The van der Waals surface area contributed by atoms with Crippen LogP contribution in [-0.2, 0) is 9.84 Å². The molecule has 0 aliphatic heterocycles. The van der Waals surface area contributed by atoms with Gasteiger partial charge in [0.15, 0.2) is 0 Å². The summed E-state index contributed by atoms with van der Waals surface area (Å²) >= 11 is 3.32. The standard InChI is InChI=1S/C9H19BrO2S/c1-2-3-8-13(11,12)9-6-4-5-7-10/h2-9H2,1H3. The van der Waals surface area contributed by atoms with E-state index in [1.54, 1.807) is 0 Å². The number of halogens is 1. The van der Waals surface area contributed by atoms with Crippen molar-refractivity contribution in [1.29, 1.82) is 0 Å². The van der Waals surface area contributed by atoms with Gasteiger partial charge < -0.3 is 0 Å². The highest BCUT2D eigenvalue weighted by Gasteiger charge is 2.08. The van der Waals surface area contributed by atoms with Crippen molar-refractivity contribution in [2.45, 2.75) is 39.0 Å². The van der Waals surface area contributed by atoms with Crippen molar-refractivity contribution in [1.82, 2.24) is 0 Å². The lowest BCUT2D eigenvalue weighted by atomic mass is 10.3. The van der Waals surface area contributed by atoms with E-state index in [2.05, 4.69) is 15.9 Å². The Morgan fingerprint density at radius 3 is 2.15 bits per heavy atom. The molecule has 4 heteroatoms. The van der Waals surface area contributed by atoms with Crippen LogP contribution in [0.3, 0.4) is 0 Å². The zero-order valence-corrected chi connectivity index (χ0v) is 10.7. The normalized spacial score (nSPS) is 11.8. The highest BCUT2D eigenvalue weighted by molar-refractivity contribution is 9.09. The minimum absolute atomic E-state index is 0.373. The average Bonchev–Trinajstić information content (AvgIpc) is 2.09. The Balaban J connectivity index is 3.52. The molecule has 0 fully saturated rings. The van der Waals surface area contributed by atoms with E-state index in [0.29, 0.717) is 11.5 Å². The molecule has 2 nitrogen and oxygen atoms in total. The largest absolute Gasteiger partial charge is 0.229 e. The topological polar surface area (TPSA) is 34.1 Å². The molecular weight excluding hydrogens is 252 g/mol. The fourth-order valence-corrected chi connectivity index (χ4v) is 3.03. The van der Waals surface area contributed by atoms with Crippen molar-refractivity contribution in [3.8, 4) is 0 Å². The monoisotopic (exact) mass is 270 g/mol. The first kappa shape index (κ1) is 13.4. The Morgan fingerprint density at radius 1 is 1.00 bits per heavy atom. The van der Waals surface area contributed by atoms with Gasteiger partial charge in [-0.2, -0.15) is 0 Å². The molecule has 0 saturated heterocycles. The van der Waals surface area contributed by atoms with Crippen LogP contribution >= 0.6 is 15.9 Å². The maximum absolute atomic E-state index is 11.3. The minimum Gasteiger partial charge on any atom is -0.229 e. The van der Waals surface area contributed by atoms with E-state index in [0.717, 1.165) is 37.4 Å². The molecule has 80 valence electrons. The molecule has 0 aromatic heterocycles. The van der Waals surface area contributed by atoms with Crippen LogP contribution in [0.25, 0.3) is 0 Å². The molecule has 0 bridgehead atoms. The molecule has 0 aliphatic carbocycles. The van der Waals surface area contributed by atoms with Gasteiger partial charge in [0, 0.05) is 5.33 Å². The molecule has 0 atom stereocenters. The summed E-state index contributed by atoms with van der Waals surface area (Å²) in [7, 11) is -2.74. The molecular formula is C9H19BrO2S. The quantitative estimate of drug-likeness (QED) is 0.502. The smallest absolute Gasteiger partial charge is 0.150 e. The van der Waals surface area contributed by atoms with E-state index in [1.807, 2.05) is 6.92 Å². The molecule has 0 heterocycles. The van der Waals surface area contributed by atoms with Gasteiger partial charge in [0.25, 0.3) is 0 Å². The Hall–Kier alpha value is 0.430. The Morgan fingerprint density at radius 2 is 1.62 bits per heavy atom. The predicted molar refractivity (Wildman–Crippen MR) is 61.2 cm³/mol. The fraction of sp³-hybridized carbons (Fsp3) is 1.00. The third kappa shape index (κ3) is 8.75. The summed E-state index contributed by atoms with van der Waals surface area (Å²) in [5, 5.41) is 0.974. The summed E-state index contributed by atoms with van der Waals surface area (Å²) in [4.78, 5) is 0. The van der Waals surface area contributed by atoms with Gasteiger partial charge in [-0.3, -0.25) is 0 Å². The first-order valence-corrected chi connectivity index (χ1v) is 7.83. The Bertz CT molecular complexity index is 200. The van der Waals surface area contributed by atoms with Gasteiger partial charge >= 0.3 is 0 Å². The summed E-state index contributed by atoms with van der Waals surface area (Å²) in [5.41, 5.74) is 0. The predicted octanol–water partition coefficient (Wildman–Crippen LogP) is 2.77. The molecule has 0 aromatic carbocycles. The van der Waals surface area contributed by atoms with Gasteiger partial charge in [0.2, 0.25) is 0 Å². The number of hydrogen-bond acceptors (Lipinski definition) is 2. The molecule has 0 rings (SSSR count). The van der Waals surface area contributed by atoms with Gasteiger partial charge in [-0.1, -0.05) is 35.7 Å². The van der Waals surface area contributed by atoms with Gasteiger partial charge in [-0.25, -0.2) is 8.42 Å². The molecule has 0 spiro atoms. The number of hydrogen-bond donors (Lipinski definition) is 0. The first-order chi connectivity index (χ1) is 6.12. The lowest BCUT2D eigenvalue weighted by Gasteiger charge is -2.02. The average molecular weight is 271 g/mol. The van der Waals surface area contributed by atoms with E-state index in [-0.39, 0.29) is 0 Å². The maximum atomic E-state index is 11.3. The molecule has 0 radical (unpaired) electrons. The highest BCUT2D eigenvalue weighted by atomic mass is 79.9. The lowest BCUT2D eigenvalue weighted by molar-refractivity contribution is 0.588. The molecule has 0 amide bonds. The summed E-state index contributed by atoms with van der Waals surface area (Å²) in [5.74, 6) is 0.748. The zero-order chi connectivity index (χ0) is 10.2. The van der Waals surface area contributed by atoms with Gasteiger partial charge in [-0.15, -0.1) is 0 Å². The van der Waals surface area contributed by atoms with Crippen LogP contribution < -0.4 is 0 Å². The van der Waals surface area contributed by atoms with Crippen molar-refractivity contribution >= 4 is 25.8 Å². The Labute approximate surface area is 90.2 Å². The summed E-state index contributed by atoms with van der Waals surface area (Å²) < 4.78 is 22.7. The molecule has 0 aromatic rings. The van der Waals surface area contributed by atoms with Crippen LogP contribution in [0.1, 0.15) is 39.0 Å². The third-order valence-electron chi connectivity index (χ3n) is 1.90. The van der Waals surface area contributed by atoms with Crippen LogP contribution in [0.2, 0.25) is 0 Å². The third-order valence-corrected chi connectivity index (χ3v) is 4.28. The summed E-state index contributed by atoms with van der Waals surface area (Å²) in [6, 6.07) is 0. The SMILES string of the molecule is CCCCS(=O)(=O)CCCCCBr. The second kappa shape index (κ2) is 7.80. The number of rotatable bonds is 8. The van der Waals surface area contributed by atoms with Gasteiger partial charge in [0.1, 0.15) is 9.84 Å². The van der Waals surface area contributed by atoms with E-state index in [4.69, 9.17) is 0 Å². The van der Waals surface area contributed by atoms with Crippen molar-refractivity contribution < 1.29 is 8.42 Å². The second-order valence-corrected chi connectivity index (χ2v) is 6.35. The fourth-order valence-electron chi connectivity index (χ4n) is 1.06. The minimum atomic E-state index is -2.74. The van der Waals surface area contributed by atoms with Crippen LogP contribution in [0.5, 0.6) is 0 Å². The van der Waals surface area contributed by atoms with Crippen molar-refractivity contribution in [3.05, 3.63) is 0 Å². The van der Waals surface area contributed by atoms with Crippen LogP contribution in [0, 0.1) is 0 Å². The number of sulfone groups is 1. The van der Waals surface area contributed by atoms with Crippen molar-refractivity contribution in [3.63, 3.8) is 0 Å². The van der Waals surface area contributed by atoms with E-state index < -0.39 is 9.84 Å². The Kier molecular flexibility index (Phi) is 8.06. The van der Waals surface area contributed by atoms with E-state index in [1.165, 1.54) is 0 Å². The maximum Gasteiger partial charge on any atom is 0.150 e. The summed E-state index contributed by atoms with van der Waals surface area (Å²) in [6.45, 7) is 2.01. The molecule has 0 unspecified atom stereocenters. The molecule has 0 N–H and O–H groups in total. The highest BCUT2D eigenvalue weighted by Crippen LogP contribution is 2.04. The molecule has 0 saturated carbocycles. The number of alkyl halides is 1. The van der Waals surface area contributed by atoms with E-state index in [9.17, 15) is 8.42 Å². The second-order valence-electron chi connectivity index (χ2n) is 3.26. The zero-order valence-electron chi connectivity index (χ0n) is 8.26. The van der Waals surface area contributed by atoms with Crippen LogP contribution in [-0.4, -0.2) is 25.3 Å². The van der Waals surface area contributed by atoms with E-state index >= 15 is 0 Å². The summed E-state index contributed by atoms with van der Waals surface area (Å²) in [6.07, 6.45) is 4.67. The lowest BCUT2D eigenvalue weighted by Crippen LogP contribution is -2.10. The van der Waals surface area contributed by atoms with Gasteiger partial charge in [0.05, 0.1) is 11.5 Å². The number of unbranched alkanes of at least 4 members (excludes halogenated alkanes) is 3. The van der Waals surface area contributed by atoms with Gasteiger partial charge in [-0.05, 0) is 19.3 Å². The van der Waals surface area contributed by atoms with Crippen LogP contribution in [0.4, 0.5) is 0 Å². The van der Waals surface area contributed by atoms with Crippen molar-refractivity contribution in [2.24, 2.45) is 0 Å². The van der Waals surface area contributed by atoms with Crippen molar-refractivity contribution in [2.75, 3.05) is 16.8 Å². The van der Waals surface area contributed by atoms with Crippen LogP contribution in [0.15, 0.2) is 0 Å². The molecule has 0 aliphatic rings.